The molecule has 0 aliphatic carbocycles. The predicted octanol–water partition coefficient (Wildman–Crippen LogP) is 2.36. The largest absolute Gasteiger partial charge is 0.303 e. The first-order valence-electron chi connectivity index (χ1n) is 4.68. The van der Waals surface area contributed by atoms with Gasteiger partial charge in [-0.3, -0.25) is 0 Å². The zero-order valence-electron chi connectivity index (χ0n) is 7.79. The second-order valence-electron chi connectivity index (χ2n) is 3.31. The van der Waals surface area contributed by atoms with Gasteiger partial charge >= 0.3 is 0 Å². The van der Waals surface area contributed by atoms with Crippen molar-refractivity contribution in [3.05, 3.63) is 0 Å². The van der Waals surface area contributed by atoms with E-state index in [1.54, 1.807) is 0 Å². The van der Waals surface area contributed by atoms with E-state index in [9.17, 15) is 9.59 Å². The highest BCUT2D eigenvalue weighted by Crippen LogP contribution is 2.11. The van der Waals surface area contributed by atoms with Gasteiger partial charge in [0.15, 0.2) is 0 Å². The number of carbonyl (C=O) groups excluding carboxylic acids is 2. The van der Waals surface area contributed by atoms with Gasteiger partial charge in [-0.2, -0.15) is 0 Å². The van der Waals surface area contributed by atoms with Crippen LogP contribution in [0.1, 0.15) is 45.4 Å². The molecule has 0 aromatic rings. The van der Waals surface area contributed by atoms with Crippen LogP contribution in [-0.2, 0) is 9.59 Å². The van der Waals surface area contributed by atoms with Crippen LogP contribution >= 0.6 is 0 Å². The van der Waals surface area contributed by atoms with Crippen LogP contribution in [0.3, 0.4) is 0 Å². The van der Waals surface area contributed by atoms with Crippen molar-refractivity contribution in [2.75, 3.05) is 0 Å². The lowest BCUT2D eigenvalue weighted by Crippen LogP contribution is -1.95. The predicted molar refractivity (Wildman–Crippen MR) is 49.0 cm³/mol. The van der Waals surface area contributed by atoms with Crippen LogP contribution in [0.15, 0.2) is 0 Å². The summed E-state index contributed by atoms with van der Waals surface area (Å²) < 4.78 is 0. The Kier molecular flexibility index (Phi) is 7.97. The highest BCUT2D eigenvalue weighted by molar-refractivity contribution is 5.49. The molecule has 1 unspecified atom stereocenters. The number of hydrogen-bond donors (Lipinski definition) is 0. The zero-order valence-corrected chi connectivity index (χ0v) is 7.79. The molecule has 70 valence electrons. The number of unbranched alkanes of at least 4 members (excludes halogenated alkanes) is 3. The lowest BCUT2D eigenvalue weighted by Gasteiger charge is -2.05. The minimum atomic E-state index is 0.513. The third-order valence-corrected chi connectivity index (χ3v) is 2.02. The Labute approximate surface area is 74.3 Å². The Balaban J connectivity index is 3.07. The standard InChI is InChI=1S/C10H18O2/c1-10(7-9-12)6-4-2-3-5-8-11/h8-10H,2-7H2,1H3. The molecule has 12 heavy (non-hydrogen) atoms. The first-order chi connectivity index (χ1) is 5.81. The molecule has 0 aromatic carbocycles. The summed E-state index contributed by atoms with van der Waals surface area (Å²) in [4.78, 5) is 20.1. The molecule has 0 aliphatic heterocycles. The summed E-state index contributed by atoms with van der Waals surface area (Å²) in [5, 5.41) is 0. The van der Waals surface area contributed by atoms with Gasteiger partial charge in [-0.25, -0.2) is 0 Å². The Bertz CT molecular complexity index is 121. The fourth-order valence-electron chi connectivity index (χ4n) is 1.18. The summed E-state index contributed by atoms with van der Waals surface area (Å²) in [5.41, 5.74) is 0. The molecule has 2 heteroatoms. The van der Waals surface area contributed by atoms with E-state index in [1.165, 1.54) is 0 Å². The average molecular weight is 170 g/mol. The van der Waals surface area contributed by atoms with Crippen LogP contribution in [-0.4, -0.2) is 12.6 Å². The normalized spacial score (nSPS) is 12.4. The van der Waals surface area contributed by atoms with Gasteiger partial charge in [-0.15, -0.1) is 0 Å². The van der Waals surface area contributed by atoms with Crippen molar-refractivity contribution in [1.82, 2.24) is 0 Å². The van der Waals surface area contributed by atoms with E-state index < -0.39 is 0 Å². The lowest BCUT2D eigenvalue weighted by molar-refractivity contribution is -0.109. The average Bonchev–Trinajstić information content (AvgIpc) is 2.05. The van der Waals surface area contributed by atoms with Gasteiger partial charge in [-0.1, -0.05) is 26.2 Å². The first kappa shape index (κ1) is 11.3. The third kappa shape index (κ3) is 7.45. The molecule has 2 nitrogen and oxygen atoms in total. The van der Waals surface area contributed by atoms with Gasteiger partial charge in [0.25, 0.3) is 0 Å². The number of carbonyl (C=O) groups is 2. The van der Waals surface area contributed by atoms with E-state index in [0.29, 0.717) is 18.8 Å². The molecule has 0 N–H and O–H groups in total. The molecule has 0 bridgehead atoms. The van der Waals surface area contributed by atoms with Crippen LogP contribution in [0.2, 0.25) is 0 Å². The van der Waals surface area contributed by atoms with Crippen LogP contribution in [0, 0.1) is 5.92 Å². The van der Waals surface area contributed by atoms with Gasteiger partial charge < -0.3 is 9.59 Å². The Morgan fingerprint density at radius 3 is 2.42 bits per heavy atom. The Morgan fingerprint density at radius 2 is 1.83 bits per heavy atom. The zero-order chi connectivity index (χ0) is 9.23. The van der Waals surface area contributed by atoms with E-state index in [4.69, 9.17) is 0 Å². The minimum absolute atomic E-state index is 0.513. The number of rotatable bonds is 8. The van der Waals surface area contributed by atoms with Gasteiger partial charge in [-0.05, 0) is 12.3 Å². The first-order valence-corrected chi connectivity index (χ1v) is 4.68. The summed E-state index contributed by atoms with van der Waals surface area (Å²) >= 11 is 0. The fourth-order valence-corrected chi connectivity index (χ4v) is 1.18. The SMILES string of the molecule is CC(CC=O)CCCCCC=O. The van der Waals surface area contributed by atoms with Crippen LogP contribution in [0.4, 0.5) is 0 Å². The van der Waals surface area contributed by atoms with Crippen LogP contribution in [0.5, 0.6) is 0 Å². The Morgan fingerprint density at radius 1 is 1.08 bits per heavy atom. The smallest absolute Gasteiger partial charge is 0.120 e. The Hall–Kier alpha value is -0.660. The molecule has 0 aromatic heterocycles. The van der Waals surface area contributed by atoms with E-state index in [-0.39, 0.29) is 0 Å². The molecular formula is C10H18O2. The van der Waals surface area contributed by atoms with Crippen molar-refractivity contribution in [3.8, 4) is 0 Å². The van der Waals surface area contributed by atoms with Crippen LogP contribution < -0.4 is 0 Å². The molecule has 0 fully saturated rings. The van der Waals surface area contributed by atoms with E-state index >= 15 is 0 Å². The maximum Gasteiger partial charge on any atom is 0.120 e. The summed E-state index contributed by atoms with van der Waals surface area (Å²) in [5.74, 6) is 0.513. The van der Waals surface area contributed by atoms with Crippen molar-refractivity contribution in [3.63, 3.8) is 0 Å². The molecule has 0 heterocycles. The minimum Gasteiger partial charge on any atom is -0.303 e. The van der Waals surface area contributed by atoms with E-state index in [0.717, 1.165) is 38.3 Å². The summed E-state index contributed by atoms with van der Waals surface area (Å²) in [6.07, 6.45) is 7.67. The molecule has 1 atom stereocenters. The molecule has 0 radical (unpaired) electrons. The molecule has 0 amide bonds. The van der Waals surface area contributed by atoms with E-state index in [2.05, 4.69) is 6.92 Å². The molecule has 0 rings (SSSR count). The second kappa shape index (κ2) is 8.44. The molecule has 0 spiro atoms. The quantitative estimate of drug-likeness (QED) is 0.414. The van der Waals surface area contributed by atoms with Crippen molar-refractivity contribution < 1.29 is 9.59 Å². The van der Waals surface area contributed by atoms with Crippen molar-refractivity contribution in [1.29, 1.82) is 0 Å². The second-order valence-corrected chi connectivity index (χ2v) is 3.31. The van der Waals surface area contributed by atoms with Gasteiger partial charge in [0.1, 0.15) is 12.6 Å². The van der Waals surface area contributed by atoms with Crippen molar-refractivity contribution >= 4 is 12.6 Å². The number of aldehydes is 2. The molecule has 0 saturated carbocycles. The monoisotopic (exact) mass is 170 g/mol. The molecule has 0 aliphatic rings. The van der Waals surface area contributed by atoms with Gasteiger partial charge in [0, 0.05) is 12.8 Å². The maximum atomic E-state index is 10.1. The molecule has 0 saturated heterocycles. The summed E-state index contributed by atoms with van der Waals surface area (Å²) in [7, 11) is 0. The van der Waals surface area contributed by atoms with Gasteiger partial charge in [0.2, 0.25) is 0 Å². The highest BCUT2D eigenvalue weighted by atomic mass is 16.1. The van der Waals surface area contributed by atoms with Crippen molar-refractivity contribution in [2.24, 2.45) is 5.92 Å². The summed E-state index contributed by atoms with van der Waals surface area (Å²) in [6.45, 7) is 2.09. The number of hydrogen-bond acceptors (Lipinski definition) is 2. The molecular weight excluding hydrogens is 152 g/mol. The van der Waals surface area contributed by atoms with Crippen molar-refractivity contribution in [2.45, 2.75) is 45.4 Å². The third-order valence-electron chi connectivity index (χ3n) is 2.02. The topological polar surface area (TPSA) is 34.1 Å². The fraction of sp³-hybridized carbons (Fsp3) is 0.800. The maximum absolute atomic E-state index is 10.1. The summed E-state index contributed by atoms with van der Waals surface area (Å²) in [6, 6.07) is 0. The highest BCUT2D eigenvalue weighted by Gasteiger charge is 1.99. The van der Waals surface area contributed by atoms with Gasteiger partial charge in [0.05, 0.1) is 0 Å². The van der Waals surface area contributed by atoms with E-state index in [1.807, 2.05) is 0 Å². The lowest BCUT2D eigenvalue weighted by atomic mass is 10.0. The van der Waals surface area contributed by atoms with Crippen LogP contribution in [0.25, 0.3) is 0 Å².